The Morgan fingerprint density at radius 3 is 2.48 bits per heavy atom. The van der Waals surface area contributed by atoms with E-state index >= 15 is 0 Å². The molecule has 4 rings (SSSR count). The first-order chi connectivity index (χ1) is 14.9. The predicted molar refractivity (Wildman–Crippen MR) is 113 cm³/mol. The van der Waals surface area contributed by atoms with Crippen LogP contribution in [0, 0.1) is 6.92 Å². The van der Waals surface area contributed by atoms with Gasteiger partial charge < -0.3 is 14.6 Å². The molecule has 162 valence electrons. The Kier molecular flexibility index (Phi) is 5.75. The Labute approximate surface area is 180 Å². The first kappa shape index (κ1) is 21.0. The van der Waals surface area contributed by atoms with Gasteiger partial charge in [-0.15, -0.1) is 0 Å². The van der Waals surface area contributed by atoms with Gasteiger partial charge in [-0.2, -0.15) is 9.29 Å². The molecule has 10 heteroatoms. The number of carbonyl (C=O) groups excluding carboxylic acids is 1. The summed E-state index contributed by atoms with van der Waals surface area (Å²) in [6.45, 7) is 2.40. The molecule has 1 aliphatic rings. The molecule has 1 unspecified atom stereocenters. The molecule has 31 heavy (non-hydrogen) atoms. The highest BCUT2D eigenvalue weighted by Crippen LogP contribution is 2.30. The number of benzene rings is 2. The largest absolute Gasteiger partial charge is 0.497 e. The second kappa shape index (κ2) is 8.48. The van der Waals surface area contributed by atoms with Crippen LogP contribution in [-0.2, 0) is 10.0 Å². The van der Waals surface area contributed by atoms with E-state index in [1.807, 2.05) is 0 Å². The van der Waals surface area contributed by atoms with Crippen molar-refractivity contribution in [2.75, 3.05) is 25.5 Å². The number of nitrogens with zero attached hydrogens (tertiary/aromatic N) is 3. The highest BCUT2D eigenvalue weighted by Gasteiger charge is 2.35. The summed E-state index contributed by atoms with van der Waals surface area (Å²) in [6.07, 6.45) is 0.622. The predicted octanol–water partition coefficient (Wildman–Crippen LogP) is 2.82. The molecule has 1 aliphatic heterocycles. The molecule has 0 saturated carbocycles. The van der Waals surface area contributed by atoms with E-state index < -0.39 is 10.0 Å². The normalized spacial score (nSPS) is 16.9. The van der Waals surface area contributed by atoms with Gasteiger partial charge in [-0.25, -0.2) is 8.42 Å². The number of methoxy groups -OCH3 is 1. The highest BCUT2D eigenvalue weighted by molar-refractivity contribution is 7.89. The maximum atomic E-state index is 13.0. The van der Waals surface area contributed by atoms with E-state index in [9.17, 15) is 13.2 Å². The summed E-state index contributed by atoms with van der Waals surface area (Å²) in [5.74, 6) is 1.24. The third kappa shape index (κ3) is 4.44. The van der Waals surface area contributed by atoms with Crippen molar-refractivity contribution in [3.63, 3.8) is 0 Å². The van der Waals surface area contributed by atoms with Crippen molar-refractivity contribution in [2.24, 2.45) is 0 Å². The molecule has 0 aliphatic carbocycles. The molecule has 3 aromatic rings. The summed E-state index contributed by atoms with van der Waals surface area (Å²) >= 11 is 0. The van der Waals surface area contributed by atoms with Gasteiger partial charge in [0.1, 0.15) is 5.75 Å². The van der Waals surface area contributed by atoms with Gasteiger partial charge in [0.25, 0.3) is 5.91 Å². The molecule has 1 aromatic heterocycles. The van der Waals surface area contributed by atoms with E-state index in [1.54, 1.807) is 50.4 Å². The summed E-state index contributed by atoms with van der Waals surface area (Å²) in [4.78, 5) is 16.8. The number of carbonyl (C=O) groups is 1. The minimum atomic E-state index is -3.66. The van der Waals surface area contributed by atoms with Crippen LogP contribution in [0.2, 0.25) is 0 Å². The number of sulfonamides is 1. The summed E-state index contributed by atoms with van der Waals surface area (Å²) in [7, 11) is -2.11. The standard InChI is InChI=1S/C21H22N4O5S/c1-14-22-21(30-24-14)16-11-12-25(13-16)31(27,28)19-9-5-17(6-10-19)23-20(26)15-3-7-18(29-2)8-4-15/h3-10,16H,11-13H2,1-2H3,(H,23,26). The first-order valence-corrected chi connectivity index (χ1v) is 11.2. The molecule has 0 radical (unpaired) electrons. The van der Waals surface area contributed by atoms with Gasteiger partial charge in [0.05, 0.1) is 17.9 Å². The van der Waals surface area contributed by atoms with Crippen LogP contribution in [0.5, 0.6) is 5.75 Å². The number of anilines is 1. The lowest BCUT2D eigenvalue weighted by Gasteiger charge is -2.16. The third-order valence-electron chi connectivity index (χ3n) is 5.15. The minimum absolute atomic E-state index is 0.112. The fourth-order valence-electron chi connectivity index (χ4n) is 3.43. The number of amides is 1. The zero-order valence-corrected chi connectivity index (χ0v) is 17.9. The average Bonchev–Trinajstić information content (AvgIpc) is 3.44. The van der Waals surface area contributed by atoms with E-state index in [1.165, 1.54) is 16.4 Å². The maximum absolute atomic E-state index is 13.0. The van der Waals surface area contributed by atoms with Crippen molar-refractivity contribution >= 4 is 21.6 Å². The van der Waals surface area contributed by atoms with E-state index in [4.69, 9.17) is 9.26 Å². The number of hydrogen-bond donors (Lipinski definition) is 1. The molecule has 2 aromatic carbocycles. The second-order valence-electron chi connectivity index (χ2n) is 7.24. The molecular weight excluding hydrogens is 420 g/mol. The maximum Gasteiger partial charge on any atom is 0.255 e. The monoisotopic (exact) mass is 442 g/mol. The van der Waals surface area contributed by atoms with Crippen molar-refractivity contribution in [1.29, 1.82) is 0 Å². The van der Waals surface area contributed by atoms with Crippen LogP contribution in [0.1, 0.15) is 34.4 Å². The van der Waals surface area contributed by atoms with Gasteiger partial charge in [-0.05, 0) is 61.9 Å². The number of ether oxygens (including phenoxy) is 1. The van der Waals surface area contributed by atoms with E-state index in [-0.39, 0.29) is 16.7 Å². The van der Waals surface area contributed by atoms with Gasteiger partial charge in [-0.1, -0.05) is 5.16 Å². The Bertz CT molecular complexity index is 1170. The van der Waals surface area contributed by atoms with Gasteiger partial charge in [-0.3, -0.25) is 4.79 Å². The Balaban J connectivity index is 1.42. The summed E-state index contributed by atoms with van der Waals surface area (Å²) in [6, 6.07) is 12.8. The quantitative estimate of drug-likeness (QED) is 0.624. The van der Waals surface area contributed by atoms with Crippen molar-refractivity contribution in [3.05, 3.63) is 65.8 Å². The molecule has 1 N–H and O–H groups in total. The second-order valence-corrected chi connectivity index (χ2v) is 9.17. The first-order valence-electron chi connectivity index (χ1n) is 9.72. The lowest BCUT2D eigenvalue weighted by atomic mass is 10.1. The summed E-state index contributed by atoms with van der Waals surface area (Å²) in [5.41, 5.74) is 0.970. The molecular formula is C21H22N4O5S. The number of aromatic nitrogens is 2. The van der Waals surface area contributed by atoms with Gasteiger partial charge in [0, 0.05) is 24.3 Å². The van der Waals surface area contributed by atoms with Crippen molar-refractivity contribution in [2.45, 2.75) is 24.2 Å². The SMILES string of the molecule is COc1ccc(C(=O)Nc2ccc(S(=O)(=O)N3CCC(c4nc(C)no4)C3)cc2)cc1. The van der Waals surface area contributed by atoms with Crippen LogP contribution in [0.25, 0.3) is 0 Å². The highest BCUT2D eigenvalue weighted by atomic mass is 32.2. The van der Waals surface area contributed by atoms with Gasteiger partial charge in [0.2, 0.25) is 15.9 Å². The number of rotatable bonds is 6. The number of hydrogen-bond acceptors (Lipinski definition) is 7. The topological polar surface area (TPSA) is 115 Å². The minimum Gasteiger partial charge on any atom is -0.497 e. The van der Waals surface area contributed by atoms with E-state index in [0.717, 1.165) is 0 Å². The van der Waals surface area contributed by atoms with E-state index in [2.05, 4.69) is 15.5 Å². The smallest absolute Gasteiger partial charge is 0.255 e. The Morgan fingerprint density at radius 1 is 1.16 bits per heavy atom. The molecule has 1 amide bonds. The molecule has 0 bridgehead atoms. The van der Waals surface area contributed by atoms with Gasteiger partial charge >= 0.3 is 0 Å². The summed E-state index contributed by atoms with van der Waals surface area (Å²) in [5, 5.41) is 6.53. The van der Waals surface area contributed by atoms with Crippen molar-refractivity contribution in [3.8, 4) is 5.75 Å². The van der Waals surface area contributed by atoms with Crippen LogP contribution < -0.4 is 10.1 Å². The van der Waals surface area contributed by atoms with Crippen molar-refractivity contribution < 1.29 is 22.5 Å². The lowest BCUT2D eigenvalue weighted by Crippen LogP contribution is -2.28. The summed E-state index contributed by atoms with van der Waals surface area (Å²) < 4.78 is 37.7. The zero-order valence-electron chi connectivity index (χ0n) is 17.1. The van der Waals surface area contributed by atoms with Gasteiger partial charge in [0.15, 0.2) is 5.82 Å². The molecule has 1 atom stereocenters. The average molecular weight is 442 g/mol. The molecule has 1 saturated heterocycles. The fourth-order valence-corrected chi connectivity index (χ4v) is 4.93. The Hall–Kier alpha value is -3.24. The third-order valence-corrected chi connectivity index (χ3v) is 7.03. The number of nitrogens with one attached hydrogen (secondary N) is 1. The van der Waals surface area contributed by atoms with Crippen LogP contribution in [0.15, 0.2) is 57.9 Å². The van der Waals surface area contributed by atoms with Crippen LogP contribution in [-0.4, -0.2) is 49.0 Å². The molecule has 1 fully saturated rings. The van der Waals surface area contributed by atoms with Crippen LogP contribution in [0.4, 0.5) is 5.69 Å². The van der Waals surface area contributed by atoms with Crippen molar-refractivity contribution in [1.82, 2.24) is 14.4 Å². The fraction of sp³-hybridized carbons (Fsp3) is 0.286. The lowest BCUT2D eigenvalue weighted by molar-refractivity contribution is 0.102. The van der Waals surface area contributed by atoms with Crippen LogP contribution in [0.3, 0.4) is 0 Å². The zero-order chi connectivity index (χ0) is 22.0. The van der Waals surface area contributed by atoms with E-state index in [0.29, 0.717) is 48.2 Å². The molecule has 2 heterocycles. The number of aryl methyl sites for hydroxylation is 1. The Morgan fingerprint density at radius 2 is 1.87 bits per heavy atom. The molecule has 0 spiro atoms. The van der Waals surface area contributed by atoms with Crippen LogP contribution >= 0.6 is 0 Å². The molecule has 9 nitrogen and oxygen atoms in total.